The quantitative estimate of drug-likeness (QED) is 0.679. The first-order chi connectivity index (χ1) is 11.5. The molecule has 0 fully saturated rings. The van der Waals surface area contributed by atoms with E-state index in [1.165, 1.54) is 37.2 Å². The van der Waals surface area contributed by atoms with Crippen molar-refractivity contribution in [3.63, 3.8) is 0 Å². The number of nitrogens with zero attached hydrogens (tertiary/aromatic N) is 2. The molecule has 0 atom stereocenters. The number of ether oxygens (including phenoxy) is 2. The maximum absolute atomic E-state index is 13.7. The number of fused-ring (bicyclic) bond motifs is 1. The summed E-state index contributed by atoms with van der Waals surface area (Å²) in [6.07, 6.45) is 1.29. The molecule has 2 heterocycles. The molecule has 0 aliphatic carbocycles. The van der Waals surface area contributed by atoms with E-state index >= 15 is 0 Å². The van der Waals surface area contributed by atoms with Crippen molar-refractivity contribution in [2.24, 2.45) is 0 Å². The molecular formula is C16H13FN2O5. The van der Waals surface area contributed by atoms with Gasteiger partial charge in [-0.3, -0.25) is 9.36 Å². The Kier molecular flexibility index (Phi) is 4.03. The van der Waals surface area contributed by atoms with Gasteiger partial charge in [-0.2, -0.15) is 0 Å². The number of benzene rings is 1. The first-order valence-electron chi connectivity index (χ1n) is 6.93. The summed E-state index contributed by atoms with van der Waals surface area (Å²) in [6, 6.07) is 5.47. The van der Waals surface area contributed by atoms with Gasteiger partial charge in [0, 0.05) is 6.07 Å². The zero-order chi connectivity index (χ0) is 17.3. The number of methoxy groups -OCH3 is 2. The molecule has 8 heteroatoms. The van der Waals surface area contributed by atoms with E-state index in [0.29, 0.717) is 5.76 Å². The summed E-state index contributed by atoms with van der Waals surface area (Å²) in [5.74, 6) is -0.815. The summed E-state index contributed by atoms with van der Waals surface area (Å²) < 4.78 is 29.7. The molecule has 24 heavy (non-hydrogen) atoms. The highest BCUT2D eigenvalue weighted by Gasteiger charge is 2.14. The van der Waals surface area contributed by atoms with E-state index in [9.17, 15) is 14.0 Å². The minimum Gasteiger partial charge on any atom is -0.494 e. The van der Waals surface area contributed by atoms with E-state index < -0.39 is 11.8 Å². The highest BCUT2D eigenvalue weighted by atomic mass is 19.1. The number of carbonyl (C=O) groups excluding carboxylic acids is 1. The van der Waals surface area contributed by atoms with Crippen molar-refractivity contribution in [1.82, 2.24) is 9.55 Å². The van der Waals surface area contributed by atoms with Crippen molar-refractivity contribution in [1.29, 1.82) is 0 Å². The Morgan fingerprint density at radius 3 is 2.83 bits per heavy atom. The van der Waals surface area contributed by atoms with Crippen LogP contribution in [0.2, 0.25) is 0 Å². The predicted octanol–water partition coefficient (Wildman–Crippen LogP) is 1.97. The molecule has 0 aliphatic rings. The van der Waals surface area contributed by atoms with Crippen LogP contribution in [-0.4, -0.2) is 29.7 Å². The Labute approximate surface area is 135 Å². The van der Waals surface area contributed by atoms with Gasteiger partial charge in [-0.1, -0.05) is 0 Å². The molecular weight excluding hydrogens is 319 g/mol. The summed E-state index contributed by atoms with van der Waals surface area (Å²) in [7, 11) is 2.56. The highest BCUT2D eigenvalue weighted by molar-refractivity contribution is 5.86. The van der Waals surface area contributed by atoms with Crippen molar-refractivity contribution >= 4 is 16.9 Å². The third-order valence-corrected chi connectivity index (χ3v) is 3.47. The number of halogens is 1. The van der Waals surface area contributed by atoms with E-state index in [1.54, 1.807) is 6.07 Å². The minimum absolute atomic E-state index is 0.0369. The van der Waals surface area contributed by atoms with Gasteiger partial charge < -0.3 is 13.9 Å². The molecule has 0 unspecified atom stereocenters. The van der Waals surface area contributed by atoms with Gasteiger partial charge in [0.2, 0.25) is 5.76 Å². The largest absolute Gasteiger partial charge is 0.494 e. The van der Waals surface area contributed by atoms with Gasteiger partial charge in [-0.15, -0.1) is 0 Å². The summed E-state index contributed by atoms with van der Waals surface area (Å²) in [5.41, 5.74) is -0.154. The topological polar surface area (TPSA) is 83.6 Å². The molecule has 0 saturated heterocycles. The highest BCUT2D eigenvalue weighted by Crippen LogP contribution is 2.21. The fraction of sp³-hybridized carbons (Fsp3) is 0.188. The van der Waals surface area contributed by atoms with Gasteiger partial charge in [-0.25, -0.2) is 14.2 Å². The number of furan rings is 1. The fourth-order valence-electron chi connectivity index (χ4n) is 2.27. The smallest absolute Gasteiger partial charge is 0.373 e. The lowest BCUT2D eigenvalue weighted by atomic mass is 10.2. The van der Waals surface area contributed by atoms with E-state index in [2.05, 4.69) is 9.72 Å². The number of carbonyl (C=O) groups is 1. The molecule has 7 nitrogen and oxygen atoms in total. The number of hydrogen-bond acceptors (Lipinski definition) is 6. The maximum atomic E-state index is 13.7. The molecule has 0 spiro atoms. The van der Waals surface area contributed by atoms with Crippen LogP contribution in [0.25, 0.3) is 10.9 Å². The molecule has 1 aromatic carbocycles. The third-order valence-electron chi connectivity index (χ3n) is 3.47. The van der Waals surface area contributed by atoms with Crippen LogP contribution in [0, 0.1) is 5.82 Å². The monoisotopic (exact) mass is 332 g/mol. The zero-order valence-electron chi connectivity index (χ0n) is 12.9. The Morgan fingerprint density at radius 1 is 1.33 bits per heavy atom. The lowest BCUT2D eigenvalue weighted by Crippen LogP contribution is -2.21. The van der Waals surface area contributed by atoms with Crippen molar-refractivity contribution in [3.8, 4) is 5.75 Å². The third kappa shape index (κ3) is 2.73. The van der Waals surface area contributed by atoms with Gasteiger partial charge in [-0.05, 0) is 18.2 Å². The Hall–Kier alpha value is -3.16. The maximum Gasteiger partial charge on any atom is 0.373 e. The Bertz CT molecular complexity index is 976. The van der Waals surface area contributed by atoms with Gasteiger partial charge >= 0.3 is 5.97 Å². The van der Waals surface area contributed by atoms with E-state index in [0.717, 1.165) is 6.07 Å². The molecule has 0 bridgehead atoms. The van der Waals surface area contributed by atoms with Crippen LogP contribution in [-0.2, 0) is 11.3 Å². The number of hydrogen-bond donors (Lipinski definition) is 0. The molecule has 0 N–H and O–H groups in total. The molecule has 0 radical (unpaired) electrons. The normalized spacial score (nSPS) is 10.8. The second kappa shape index (κ2) is 6.15. The van der Waals surface area contributed by atoms with Crippen LogP contribution in [0.5, 0.6) is 5.75 Å². The van der Waals surface area contributed by atoms with Gasteiger partial charge in [0.15, 0.2) is 11.6 Å². The van der Waals surface area contributed by atoms with Crippen LogP contribution in [0.4, 0.5) is 4.39 Å². The molecule has 3 aromatic rings. The van der Waals surface area contributed by atoms with Gasteiger partial charge in [0.1, 0.15) is 5.76 Å². The predicted molar refractivity (Wildman–Crippen MR) is 81.7 cm³/mol. The lowest BCUT2D eigenvalue weighted by Gasteiger charge is -2.07. The number of aromatic nitrogens is 2. The molecule has 3 rings (SSSR count). The number of rotatable bonds is 4. The fourth-order valence-corrected chi connectivity index (χ4v) is 2.27. The summed E-state index contributed by atoms with van der Waals surface area (Å²) >= 11 is 0. The molecule has 2 aromatic heterocycles. The first kappa shape index (κ1) is 15.7. The van der Waals surface area contributed by atoms with Crippen molar-refractivity contribution in [2.75, 3.05) is 14.2 Å². The van der Waals surface area contributed by atoms with Crippen molar-refractivity contribution in [3.05, 3.63) is 58.3 Å². The van der Waals surface area contributed by atoms with E-state index in [1.807, 2.05) is 0 Å². The van der Waals surface area contributed by atoms with Crippen LogP contribution in [0.3, 0.4) is 0 Å². The van der Waals surface area contributed by atoms with Crippen molar-refractivity contribution < 1.29 is 23.1 Å². The molecule has 124 valence electrons. The van der Waals surface area contributed by atoms with Crippen LogP contribution >= 0.6 is 0 Å². The van der Waals surface area contributed by atoms with E-state index in [4.69, 9.17) is 9.15 Å². The minimum atomic E-state index is -0.606. The standard InChI is InChI=1S/C16H13FN2O5/c1-22-14-5-10-12(6-11(14)17)18-8-19(15(10)20)7-9-3-4-13(24-9)16(21)23-2/h3-6,8H,7H2,1-2H3. The second-order valence-corrected chi connectivity index (χ2v) is 4.94. The van der Waals surface area contributed by atoms with Crippen LogP contribution < -0.4 is 10.3 Å². The molecule has 0 saturated carbocycles. The SMILES string of the molecule is COC(=O)c1ccc(Cn2cnc3cc(F)c(OC)cc3c2=O)o1. The van der Waals surface area contributed by atoms with Crippen LogP contribution in [0.1, 0.15) is 16.3 Å². The van der Waals surface area contributed by atoms with Gasteiger partial charge in [0.25, 0.3) is 5.56 Å². The average molecular weight is 332 g/mol. The van der Waals surface area contributed by atoms with Crippen molar-refractivity contribution in [2.45, 2.75) is 6.54 Å². The Morgan fingerprint density at radius 2 is 2.12 bits per heavy atom. The lowest BCUT2D eigenvalue weighted by molar-refractivity contribution is 0.0563. The molecule has 0 amide bonds. The summed E-state index contributed by atoms with van der Waals surface area (Å²) in [5, 5.41) is 0.218. The average Bonchev–Trinajstić information content (AvgIpc) is 3.05. The Balaban J connectivity index is 1.99. The summed E-state index contributed by atoms with van der Waals surface area (Å²) in [6.45, 7) is 0.0679. The van der Waals surface area contributed by atoms with Gasteiger partial charge in [0.05, 0.1) is 38.0 Å². The van der Waals surface area contributed by atoms with Crippen LogP contribution in [0.15, 0.2) is 39.8 Å². The summed E-state index contributed by atoms with van der Waals surface area (Å²) in [4.78, 5) is 28.0. The van der Waals surface area contributed by atoms with E-state index in [-0.39, 0.29) is 34.5 Å². The molecule has 0 aliphatic heterocycles. The second-order valence-electron chi connectivity index (χ2n) is 4.94. The zero-order valence-corrected chi connectivity index (χ0v) is 12.9. The first-order valence-corrected chi connectivity index (χ1v) is 6.93. The number of esters is 1.